The summed E-state index contributed by atoms with van der Waals surface area (Å²) in [5, 5.41) is 7.44. The van der Waals surface area contributed by atoms with Gasteiger partial charge in [0.2, 0.25) is 0 Å². The second kappa shape index (κ2) is 9.26. The van der Waals surface area contributed by atoms with Crippen molar-refractivity contribution in [2.24, 2.45) is 0 Å². The largest absolute Gasteiger partial charge is 0.452 e. The van der Waals surface area contributed by atoms with Crippen LogP contribution in [0.2, 0.25) is 15.1 Å². The molecule has 0 saturated carbocycles. The fourth-order valence-corrected chi connectivity index (χ4v) is 3.17. The van der Waals surface area contributed by atoms with Crippen LogP contribution in [0, 0.1) is 0 Å². The molecule has 0 spiro atoms. The normalized spacial score (nSPS) is 10.6. The Bertz CT molecular complexity index is 1050. The number of rotatable bonds is 6. The highest BCUT2D eigenvalue weighted by atomic mass is 35.5. The zero-order chi connectivity index (χ0) is 21.0. The summed E-state index contributed by atoms with van der Waals surface area (Å²) in [4.78, 5) is 28.8. The highest BCUT2D eigenvalue weighted by molar-refractivity contribution is 6.44. The Balaban J connectivity index is 1.67. The molecule has 0 aliphatic heterocycles. The molecule has 3 aromatic rings. The minimum absolute atomic E-state index is 0.212. The fourth-order valence-electron chi connectivity index (χ4n) is 2.57. The second-order valence-electron chi connectivity index (χ2n) is 5.83. The Kier molecular flexibility index (Phi) is 6.74. The van der Waals surface area contributed by atoms with Crippen molar-refractivity contribution < 1.29 is 14.3 Å². The Morgan fingerprint density at radius 2 is 1.90 bits per heavy atom. The van der Waals surface area contributed by atoms with Gasteiger partial charge in [0.05, 0.1) is 32.6 Å². The first-order chi connectivity index (χ1) is 13.9. The minimum atomic E-state index is -0.667. The number of nitrogens with one attached hydrogen (secondary N) is 1. The van der Waals surface area contributed by atoms with Crippen LogP contribution in [0.15, 0.2) is 42.7 Å². The molecule has 2 aromatic heterocycles. The molecular weight excluding hydrogens is 439 g/mol. The minimum Gasteiger partial charge on any atom is -0.452 e. The van der Waals surface area contributed by atoms with E-state index in [9.17, 15) is 9.59 Å². The number of esters is 1. The number of amides is 1. The summed E-state index contributed by atoms with van der Waals surface area (Å²) < 4.78 is 6.68. The molecule has 2 heterocycles. The van der Waals surface area contributed by atoms with Crippen LogP contribution in [0.25, 0.3) is 5.82 Å². The van der Waals surface area contributed by atoms with Gasteiger partial charge < -0.3 is 10.1 Å². The highest BCUT2D eigenvalue weighted by Crippen LogP contribution is 2.32. The molecule has 0 bridgehead atoms. The number of nitrogens with zero attached hydrogens (tertiary/aromatic N) is 3. The van der Waals surface area contributed by atoms with Gasteiger partial charge in [-0.1, -0.05) is 47.8 Å². The first-order valence-corrected chi connectivity index (χ1v) is 9.64. The van der Waals surface area contributed by atoms with Crippen LogP contribution in [-0.2, 0) is 16.0 Å². The first kappa shape index (κ1) is 21.1. The molecule has 0 unspecified atom stereocenters. The van der Waals surface area contributed by atoms with Gasteiger partial charge in [-0.3, -0.25) is 4.79 Å². The quantitative estimate of drug-likeness (QED) is 0.436. The molecule has 0 radical (unpaired) electrons. The molecule has 29 heavy (non-hydrogen) atoms. The summed E-state index contributed by atoms with van der Waals surface area (Å²) >= 11 is 17.8. The van der Waals surface area contributed by atoms with Crippen LogP contribution in [0.3, 0.4) is 0 Å². The van der Waals surface area contributed by atoms with E-state index in [1.165, 1.54) is 18.3 Å². The summed E-state index contributed by atoms with van der Waals surface area (Å²) in [5.74, 6) is -0.663. The Labute approximate surface area is 181 Å². The summed E-state index contributed by atoms with van der Waals surface area (Å²) in [6, 6.07) is 8.20. The Hall–Kier alpha value is -2.61. The number of pyridine rings is 1. The predicted molar refractivity (Wildman–Crippen MR) is 111 cm³/mol. The van der Waals surface area contributed by atoms with Crippen molar-refractivity contribution in [3.05, 3.63) is 69.1 Å². The van der Waals surface area contributed by atoms with Crippen molar-refractivity contribution in [3.8, 4) is 5.82 Å². The lowest BCUT2D eigenvalue weighted by molar-refractivity contribution is -0.119. The highest BCUT2D eigenvalue weighted by Gasteiger charge is 2.20. The van der Waals surface area contributed by atoms with Gasteiger partial charge in [-0.05, 0) is 30.7 Å². The van der Waals surface area contributed by atoms with E-state index >= 15 is 0 Å². The molecular formula is C19H15Cl3N4O3. The van der Waals surface area contributed by atoms with E-state index in [1.54, 1.807) is 23.0 Å². The van der Waals surface area contributed by atoms with Gasteiger partial charge in [0.1, 0.15) is 5.56 Å². The van der Waals surface area contributed by atoms with Crippen molar-refractivity contribution in [2.75, 3.05) is 11.9 Å². The summed E-state index contributed by atoms with van der Waals surface area (Å²) in [5.41, 5.74) is 1.15. The molecule has 0 saturated heterocycles. The molecule has 10 heteroatoms. The van der Waals surface area contributed by atoms with Crippen LogP contribution in [0.5, 0.6) is 0 Å². The van der Waals surface area contributed by atoms with Gasteiger partial charge in [-0.2, -0.15) is 5.10 Å². The number of hydrogen-bond acceptors (Lipinski definition) is 5. The molecule has 0 aliphatic carbocycles. The maximum absolute atomic E-state index is 12.5. The molecule has 0 fully saturated rings. The van der Waals surface area contributed by atoms with Crippen molar-refractivity contribution in [1.82, 2.24) is 14.8 Å². The molecule has 1 amide bonds. The molecule has 7 nitrogen and oxygen atoms in total. The van der Waals surface area contributed by atoms with Crippen LogP contribution in [0.1, 0.15) is 23.0 Å². The van der Waals surface area contributed by atoms with Gasteiger partial charge in [-0.15, -0.1) is 0 Å². The SMILES string of the molecule is CCc1c(C(=O)OCC(=O)Nc2cc(Cl)c(Cl)cc2Cl)cnn1-c1ccccn1. The first-order valence-electron chi connectivity index (χ1n) is 8.50. The molecule has 150 valence electrons. The standard InChI is InChI=1S/C19H15Cl3N4O3/c1-2-16-11(9-24-26(16)17-5-3-4-6-23-17)19(28)29-10-18(27)25-15-8-13(21)12(20)7-14(15)22/h3-9H,2,10H2,1H3,(H,25,27). The number of anilines is 1. The van der Waals surface area contributed by atoms with Crippen LogP contribution < -0.4 is 5.32 Å². The lowest BCUT2D eigenvalue weighted by Gasteiger charge is -2.10. The summed E-state index contributed by atoms with van der Waals surface area (Å²) in [6.07, 6.45) is 3.54. The van der Waals surface area contributed by atoms with E-state index < -0.39 is 18.5 Å². The number of carbonyl (C=O) groups is 2. The molecule has 1 N–H and O–H groups in total. The van der Waals surface area contributed by atoms with Crippen molar-refractivity contribution in [3.63, 3.8) is 0 Å². The zero-order valence-corrected chi connectivity index (χ0v) is 17.4. The number of aromatic nitrogens is 3. The van der Waals surface area contributed by atoms with Gasteiger partial charge in [0.25, 0.3) is 5.91 Å². The lowest BCUT2D eigenvalue weighted by atomic mass is 10.2. The van der Waals surface area contributed by atoms with Crippen LogP contribution in [0.4, 0.5) is 5.69 Å². The number of ether oxygens (including phenoxy) is 1. The molecule has 3 rings (SSSR count). The molecule has 0 aliphatic rings. The van der Waals surface area contributed by atoms with Gasteiger partial charge in [0.15, 0.2) is 12.4 Å². The van der Waals surface area contributed by atoms with Crippen molar-refractivity contribution in [1.29, 1.82) is 0 Å². The van der Waals surface area contributed by atoms with E-state index in [-0.39, 0.29) is 26.3 Å². The van der Waals surface area contributed by atoms with E-state index in [2.05, 4.69) is 15.4 Å². The van der Waals surface area contributed by atoms with Crippen molar-refractivity contribution >= 4 is 52.4 Å². The fraction of sp³-hybridized carbons (Fsp3) is 0.158. The third kappa shape index (κ3) is 4.87. The van der Waals surface area contributed by atoms with Gasteiger partial charge in [0, 0.05) is 6.20 Å². The molecule has 1 aromatic carbocycles. The topological polar surface area (TPSA) is 86.1 Å². The molecule has 0 atom stereocenters. The van der Waals surface area contributed by atoms with E-state index in [1.807, 2.05) is 13.0 Å². The third-order valence-corrected chi connectivity index (χ3v) is 4.94. The smallest absolute Gasteiger partial charge is 0.342 e. The number of halogens is 3. The van der Waals surface area contributed by atoms with E-state index in [0.29, 0.717) is 17.9 Å². The second-order valence-corrected chi connectivity index (χ2v) is 7.05. The average Bonchev–Trinajstić information content (AvgIpc) is 3.15. The van der Waals surface area contributed by atoms with Gasteiger partial charge in [-0.25, -0.2) is 14.5 Å². The van der Waals surface area contributed by atoms with Crippen molar-refractivity contribution in [2.45, 2.75) is 13.3 Å². The lowest BCUT2D eigenvalue weighted by Crippen LogP contribution is -2.21. The van der Waals surface area contributed by atoms with Gasteiger partial charge >= 0.3 is 5.97 Å². The maximum Gasteiger partial charge on any atom is 0.342 e. The Morgan fingerprint density at radius 3 is 2.59 bits per heavy atom. The Morgan fingerprint density at radius 1 is 1.14 bits per heavy atom. The predicted octanol–water partition coefficient (Wildman–Crippen LogP) is 4.59. The zero-order valence-electron chi connectivity index (χ0n) is 15.2. The summed E-state index contributed by atoms with van der Waals surface area (Å²) in [7, 11) is 0. The third-order valence-electron chi connectivity index (χ3n) is 3.91. The average molecular weight is 454 g/mol. The van der Waals surface area contributed by atoms with Crippen LogP contribution in [-0.4, -0.2) is 33.2 Å². The van der Waals surface area contributed by atoms with E-state index in [0.717, 1.165) is 0 Å². The summed E-state index contributed by atoms with van der Waals surface area (Å²) in [6.45, 7) is 1.37. The number of carbonyl (C=O) groups excluding carboxylic acids is 2. The van der Waals surface area contributed by atoms with Crippen LogP contribution >= 0.6 is 34.8 Å². The maximum atomic E-state index is 12.5. The monoisotopic (exact) mass is 452 g/mol. The number of hydrogen-bond donors (Lipinski definition) is 1. The number of benzene rings is 1. The van der Waals surface area contributed by atoms with E-state index in [4.69, 9.17) is 39.5 Å².